The van der Waals surface area contributed by atoms with Gasteiger partial charge in [-0.1, -0.05) is 12.1 Å². The molecule has 0 unspecified atom stereocenters. The fourth-order valence-corrected chi connectivity index (χ4v) is 0.939. The van der Waals surface area contributed by atoms with Gasteiger partial charge in [0.1, 0.15) is 0 Å². The number of carbonyl (C=O) groups excluding carboxylic acids is 2. The molecule has 8 nitrogen and oxygen atoms in total. The first-order valence-electron chi connectivity index (χ1n) is 4.38. The van der Waals surface area contributed by atoms with Crippen LogP contribution in [0.2, 0.25) is 0 Å². The third-order valence-corrected chi connectivity index (χ3v) is 1.68. The highest BCUT2D eigenvalue weighted by Gasteiger charge is 2.06. The summed E-state index contributed by atoms with van der Waals surface area (Å²) in [5, 5.41) is 13.9. The van der Waals surface area contributed by atoms with Crippen molar-refractivity contribution in [3.8, 4) is 0 Å². The summed E-state index contributed by atoms with van der Waals surface area (Å²) in [6.07, 6.45) is 1.16. The maximum absolute atomic E-state index is 10.7. The van der Waals surface area contributed by atoms with E-state index in [-0.39, 0.29) is 5.69 Å². The molecule has 3 N–H and O–H groups in total. The summed E-state index contributed by atoms with van der Waals surface area (Å²) in [6.45, 7) is 0. The van der Waals surface area contributed by atoms with Crippen LogP contribution < -0.4 is 11.2 Å². The summed E-state index contributed by atoms with van der Waals surface area (Å²) < 4.78 is 0. The number of carbonyl (C=O) groups is 2. The smallest absolute Gasteiger partial charge is 0.329 e. The SMILES string of the molecule is NC(=O)C(=O)N/N=C/c1cccc([N+](=O)[O-])c1. The number of non-ortho nitro benzene ring substituents is 1. The van der Waals surface area contributed by atoms with Crippen molar-refractivity contribution >= 4 is 23.7 Å². The number of benzene rings is 1. The number of amides is 2. The van der Waals surface area contributed by atoms with Crippen LogP contribution in [0.25, 0.3) is 0 Å². The molecule has 0 spiro atoms. The molecule has 0 bridgehead atoms. The minimum absolute atomic E-state index is 0.102. The zero-order chi connectivity index (χ0) is 12.8. The zero-order valence-corrected chi connectivity index (χ0v) is 8.49. The average Bonchev–Trinajstić information content (AvgIpc) is 2.29. The van der Waals surface area contributed by atoms with Crippen molar-refractivity contribution in [2.24, 2.45) is 10.8 Å². The van der Waals surface area contributed by atoms with Crippen LogP contribution in [0.5, 0.6) is 0 Å². The van der Waals surface area contributed by atoms with E-state index in [1.54, 1.807) is 6.07 Å². The fraction of sp³-hybridized carbons (Fsp3) is 0. The Morgan fingerprint density at radius 1 is 1.47 bits per heavy atom. The summed E-state index contributed by atoms with van der Waals surface area (Å²) >= 11 is 0. The number of nitrogens with zero attached hydrogens (tertiary/aromatic N) is 2. The first kappa shape index (κ1) is 12.3. The summed E-state index contributed by atoms with van der Waals surface area (Å²) in [7, 11) is 0. The second-order valence-corrected chi connectivity index (χ2v) is 2.92. The average molecular weight is 236 g/mol. The van der Waals surface area contributed by atoms with Gasteiger partial charge in [0.15, 0.2) is 0 Å². The van der Waals surface area contributed by atoms with Gasteiger partial charge in [0, 0.05) is 17.7 Å². The van der Waals surface area contributed by atoms with E-state index in [1.165, 1.54) is 18.2 Å². The molecule has 88 valence electrons. The molecule has 0 saturated heterocycles. The van der Waals surface area contributed by atoms with Crippen LogP contribution in [0.3, 0.4) is 0 Å². The van der Waals surface area contributed by atoms with E-state index in [2.05, 4.69) is 10.8 Å². The van der Waals surface area contributed by atoms with Gasteiger partial charge in [-0.15, -0.1) is 0 Å². The van der Waals surface area contributed by atoms with E-state index >= 15 is 0 Å². The normalized spacial score (nSPS) is 10.1. The number of hydrogen-bond acceptors (Lipinski definition) is 5. The lowest BCUT2D eigenvalue weighted by Crippen LogP contribution is -2.32. The molecular weight excluding hydrogens is 228 g/mol. The second-order valence-electron chi connectivity index (χ2n) is 2.92. The molecule has 0 atom stereocenters. The van der Waals surface area contributed by atoms with E-state index < -0.39 is 16.7 Å². The van der Waals surface area contributed by atoms with Crippen LogP contribution in [0.1, 0.15) is 5.56 Å². The Hall–Kier alpha value is -2.77. The van der Waals surface area contributed by atoms with Crippen molar-refractivity contribution in [1.82, 2.24) is 5.43 Å². The van der Waals surface area contributed by atoms with Crippen molar-refractivity contribution < 1.29 is 14.5 Å². The van der Waals surface area contributed by atoms with E-state index in [9.17, 15) is 19.7 Å². The van der Waals surface area contributed by atoms with Crippen molar-refractivity contribution in [1.29, 1.82) is 0 Å². The molecule has 0 aliphatic carbocycles. The molecule has 0 aromatic heterocycles. The highest BCUT2D eigenvalue weighted by Crippen LogP contribution is 2.11. The van der Waals surface area contributed by atoms with Crippen LogP contribution in [0, 0.1) is 10.1 Å². The third-order valence-electron chi connectivity index (χ3n) is 1.68. The number of nitro groups is 1. The monoisotopic (exact) mass is 236 g/mol. The number of rotatable bonds is 3. The molecule has 0 aliphatic rings. The largest absolute Gasteiger partial charge is 0.361 e. The summed E-state index contributed by atoms with van der Waals surface area (Å²) in [6, 6.07) is 5.60. The molecule has 0 aliphatic heterocycles. The number of nitrogens with two attached hydrogens (primary N) is 1. The maximum atomic E-state index is 10.7. The van der Waals surface area contributed by atoms with E-state index in [4.69, 9.17) is 0 Å². The standard InChI is InChI=1S/C9H8N4O4/c10-8(14)9(15)12-11-5-6-2-1-3-7(4-6)13(16)17/h1-5H,(H2,10,14)(H,12,15)/b11-5+. The molecule has 0 fully saturated rings. The lowest BCUT2D eigenvalue weighted by molar-refractivity contribution is -0.384. The van der Waals surface area contributed by atoms with E-state index in [0.29, 0.717) is 5.56 Å². The van der Waals surface area contributed by atoms with E-state index in [1.807, 2.05) is 5.43 Å². The van der Waals surface area contributed by atoms with Crippen molar-refractivity contribution in [3.63, 3.8) is 0 Å². The Labute approximate surface area is 95.3 Å². The first-order chi connectivity index (χ1) is 8.00. The lowest BCUT2D eigenvalue weighted by Gasteiger charge is -1.95. The molecule has 0 saturated carbocycles. The van der Waals surface area contributed by atoms with Gasteiger partial charge in [0.25, 0.3) is 5.69 Å². The van der Waals surface area contributed by atoms with Gasteiger partial charge >= 0.3 is 11.8 Å². The Balaban J connectivity index is 2.72. The van der Waals surface area contributed by atoms with Gasteiger partial charge in [-0.3, -0.25) is 19.7 Å². The first-order valence-corrected chi connectivity index (χ1v) is 4.38. The predicted molar refractivity (Wildman–Crippen MR) is 58.0 cm³/mol. The fourth-order valence-electron chi connectivity index (χ4n) is 0.939. The van der Waals surface area contributed by atoms with Gasteiger partial charge in [0.2, 0.25) is 0 Å². The van der Waals surface area contributed by atoms with Crippen LogP contribution in [0.4, 0.5) is 5.69 Å². The Morgan fingerprint density at radius 2 is 2.18 bits per heavy atom. The molecule has 2 amide bonds. The molecular formula is C9H8N4O4. The van der Waals surface area contributed by atoms with Crippen LogP contribution in [-0.4, -0.2) is 23.0 Å². The van der Waals surface area contributed by atoms with Crippen molar-refractivity contribution in [2.75, 3.05) is 0 Å². The quantitative estimate of drug-likeness (QED) is 0.318. The number of nitro benzene ring substituents is 1. The maximum Gasteiger partial charge on any atom is 0.329 e. The summed E-state index contributed by atoms with van der Waals surface area (Å²) in [5.41, 5.74) is 6.84. The molecule has 1 rings (SSSR count). The topological polar surface area (TPSA) is 128 Å². The Bertz CT molecular complexity index is 498. The number of nitrogens with one attached hydrogen (secondary N) is 1. The minimum atomic E-state index is -1.17. The molecule has 0 heterocycles. The highest BCUT2D eigenvalue weighted by molar-refractivity contribution is 6.34. The van der Waals surface area contributed by atoms with E-state index in [0.717, 1.165) is 6.21 Å². The van der Waals surface area contributed by atoms with Crippen molar-refractivity contribution in [2.45, 2.75) is 0 Å². The number of hydrazone groups is 1. The molecule has 1 aromatic carbocycles. The number of hydrogen-bond donors (Lipinski definition) is 2. The van der Waals surface area contributed by atoms with Gasteiger partial charge in [-0.25, -0.2) is 5.43 Å². The van der Waals surface area contributed by atoms with Gasteiger partial charge in [-0.2, -0.15) is 5.10 Å². The lowest BCUT2D eigenvalue weighted by atomic mass is 10.2. The Morgan fingerprint density at radius 3 is 2.76 bits per heavy atom. The third kappa shape index (κ3) is 3.70. The van der Waals surface area contributed by atoms with Gasteiger partial charge < -0.3 is 5.73 Å². The predicted octanol–water partition coefficient (Wildman–Crippen LogP) is -0.470. The second kappa shape index (κ2) is 5.35. The summed E-state index contributed by atoms with van der Waals surface area (Å²) in [4.78, 5) is 30.9. The van der Waals surface area contributed by atoms with Crippen molar-refractivity contribution in [3.05, 3.63) is 39.9 Å². The molecule has 8 heteroatoms. The van der Waals surface area contributed by atoms with Crippen LogP contribution >= 0.6 is 0 Å². The summed E-state index contributed by atoms with van der Waals surface area (Å²) in [5.74, 6) is -2.23. The Kier molecular flexibility index (Phi) is 3.87. The number of primary amides is 1. The van der Waals surface area contributed by atoms with Crippen LogP contribution in [0.15, 0.2) is 29.4 Å². The zero-order valence-electron chi connectivity index (χ0n) is 8.49. The minimum Gasteiger partial charge on any atom is -0.361 e. The molecule has 0 radical (unpaired) electrons. The van der Waals surface area contributed by atoms with Gasteiger partial charge in [0.05, 0.1) is 11.1 Å². The van der Waals surface area contributed by atoms with Gasteiger partial charge in [-0.05, 0) is 0 Å². The molecule has 17 heavy (non-hydrogen) atoms. The van der Waals surface area contributed by atoms with Crippen LogP contribution in [-0.2, 0) is 9.59 Å². The highest BCUT2D eigenvalue weighted by atomic mass is 16.6. The molecule has 1 aromatic rings.